The van der Waals surface area contributed by atoms with E-state index in [1.54, 1.807) is 0 Å². The van der Waals surface area contributed by atoms with E-state index in [1.165, 1.54) is 18.2 Å². The number of benzene rings is 1. The molecule has 0 fully saturated rings. The van der Waals surface area contributed by atoms with Gasteiger partial charge >= 0.3 is 0 Å². The normalized spacial score (nSPS) is 10.4. The SMILES string of the molecule is O=C(NCCCOCCBr)c1c(F)cccc1Cl. The highest BCUT2D eigenvalue weighted by molar-refractivity contribution is 9.09. The molecule has 0 heterocycles. The Labute approximate surface area is 119 Å². The van der Waals surface area contributed by atoms with Gasteiger partial charge in [0.05, 0.1) is 17.2 Å². The summed E-state index contributed by atoms with van der Waals surface area (Å²) in [4.78, 5) is 11.7. The summed E-state index contributed by atoms with van der Waals surface area (Å²) in [5.74, 6) is -1.12. The molecule has 0 aliphatic heterocycles. The van der Waals surface area contributed by atoms with Gasteiger partial charge in [-0.1, -0.05) is 33.6 Å². The Morgan fingerprint density at radius 3 is 2.89 bits per heavy atom. The zero-order valence-electron chi connectivity index (χ0n) is 9.72. The lowest BCUT2D eigenvalue weighted by molar-refractivity contribution is 0.0941. The molecule has 0 unspecified atom stereocenters. The van der Waals surface area contributed by atoms with Gasteiger partial charge in [0, 0.05) is 18.5 Å². The number of carbonyl (C=O) groups is 1. The third-order valence-electron chi connectivity index (χ3n) is 2.16. The maximum absolute atomic E-state index is 13.4. The Kier molecular flexibility index (Phi) is 7.23. The van der Waals surface area contributed by atoms with Gasteiger partial charge in [-0.2, -0.15) is 0 Å². The van der Waals surface area contributed by atoms with E-state index < -0.39 is 11.7 Å². The number of alkyl halides is 1. The second-order valence-electron chi connectivity index (χ2n) is 3.51. The lowest BCUT2D eigenvalue weighted by Gasteiger charge is -2.07. The lowest BCUT2D eigenvalue weighted by atomic mass is 10.2. The molecule has 6 heteroatoms. The van der Waals surface area contributed by atoms with Crippen LogP contribution in [0.25, 0.3) is 0 Å². The van der Waals surface area contributed by atoms with Gasteiger partial charge in [0.2, 0.25) is 0 Å². The van der Waals surface area contributed by atoms with E-state index in [4.69, 9.17) is 16.3 Å². The molecule has 18 heavy (non-hydrogen) atoms. The first-order valence-electron chi connectivity index (χ1n) is 5.52. The van der Waals surface area contributed by atoms with Crippen LogP contribution in [0.1, 0.15) is 16.8 Å². The number of nitrogens with one attached hydrogen (secondary N) is 1. The van der Waals surface area contributed by atoms with E-state index in [0.717, 1.165) is 5.33 Å². The standard InChI is InChI=1S/C12H14BrClFNO2/c13-5-8-18-7-2-6-16-12(17)11-9(14)3-1-4-10(11)15/h1,3-4H,2,5-8H2,(H,16,17). The van der Waals surface area contributed by atoms with E-state index in [-0.39, 0.29) is 10.6 Å². The highest BCUT2D eigenvalue weighted by Gasteiger charge is 2.14. The molecular formula is C12H14BrClFNO2. The van der Waals surface area contributed by atoms with Crippen molar-refractivity contribution in [3.63, 3.8) is 0 Å². The summed E-state index contributed by atoms with van der Waals surface area (Å²) in [7, 11) is 0. The predicted octanol–water partition coefficient (Wildman–Crippen LogP) is 3.01. The number of rotatable bonds is 7. The molecule has 3 nitrogen and oxygen atoms in total. The molecule has 100 valence electrons. The van der Waals surface area contributed by atoms with Crippen LogP contribution in [0.15, 0.2) is 18.2 Å². The monoisotopic (exact) mass is 337 g/mol. The number of hydrogen-bond donors (Lipinski definition) is 1. The molecule has 0 atom stereocenters. The quantitative estimate of drug-likeness (QED) is 0.613. The van der Waals surface area contributed by atoms with Gasteiger partial charge in [-0.15, -0.1) is 0 Å². The average molecular weight is 339 g/mol. The molecule has 1 aromatic carbocycles. The van der Waals surface area contributed by atoms with Crippen molar-refractivity contribution in [1.82, 2.24) is 5.32 Å². The smallest absolute Gasteiger partial charge is 0.255 e. The van der Waals surface area contributed by atoms with Gasteiger partial charge in [0.25, 0.3) is 5.91 Å². The molecule has 0 saturated carbocycles. The van der Waals surface area contributed by atoms with Crippen LogP contribution < -0.4 is 5.32 Å². The fourth-order valence-corrected chi connectivity index (χ4v) is 1.81. The predicted molar refractivity (Wildman–Crippen MR) is 73.0 cm³/mol. The average Bonchev–Trinajstić information content (AvgIpc) is 2.33. The van der Waals surface area contributed by atoms with Crippen LogP contribution in [0.3, 0.4) is 0 Å². The summed E-state index contributed by atoms with van der Waals surface area (Å²) in [5.41, 5.74) is -0.111. The zero-order valence-corrected chi connectivity index (χ0v) is 12.1. The van der Waals surface area contributed by atoms with Crippen molar-refractivity contribution in [2.75, 3.05) is 25.1 Å². The Morgan fingerprint density at radius 1 is 1.44 bits per heavy atom. The topological polar surface area (TPSA) is 38.3 Å². The van der Waals surface area contributed by atoms with Crippen LogP contribution in [0.5, 0.6) is 0 Å². The molecule has 1 amide bonds. The molecule has 0 spiro atoms. The number of ether oxygens (including phenoxy) is 1. The van der Waals surface area contributed by atoms with Crippen LogP contribution in [0.4, 0.5) is 4.39 Å². The minimum atomic E-state index is -0.615. The minimum Gasteiger partial charge on any atom is -0.381 e. The first-order valence-corrected chi connectivity index (χ1v) is 7.02. The first-order chi connectivity index (χ1) is 8.66. The Balaban J connectivity index is 2.37. The van der Waals surface area contributed by atoms with Gasteiger partial charge in [-0.3, -0.25) is 4.79 Å². The highest BCUT2D eigenvalue weighted by atomic mass is 79.9. The Hall–Kier alpha value is -0.650. The summed E-state index contributed by atoms with van der Waals surface area (Å²) in [6, 6.07) is 4.15. The summed E-state index contributed by atoms with van der Waals surface area (Å²) in [6.07, 6.45) is 0.671. The largest absolute Gasteiger partial charge is 0.381 e. The van der Waals surface area contributed by atoms with Gasteiger partial charge in [0.15, 0.2) is 0 Å². The molecular weight excluding hydrogens is 324 g/mol. The van der Waals surface area contributed by atoms with Gasteiger partial charge in [-0.05, 0) is 18.6 Å². The van der Waals surface area contributed by atoms with Gasteiger partial charge < -0.3 is 10.1 Å². The second kappa shape index (κ2) is 8.45. The lowest BCUT2D eigenvalue weighted by Crippen LogP contribution is -2.26. The summed E-state index contributed by atoms with van der Waals surface area (Å²) in [5, 5.41) is 3.50. The third kappa shape index (κ3) is 4.92. The van der Waals surface area contributed by atoms with Gasteiger partial charge in [-0.25, -0.2) is 4.39 Å². The van der Waals surface area contributed by atoms with Crippen LogP contribution in [0, 0.1) is 5.82 Å². The van der Waals surface area contributed by atoms with E-state index >= 15 is 0 Å². The van der Waals surface area contributed by atoms with E-state index in [1.807, 2.05) is 0 Å². The molecule has 1 N–H and O–H groups in total. The summed E-state index contributed by atoms with van der Waals surface area (Å²) >= 11 is 9.01. The fraction of sp³-hybridized carbons (Fsp3) is 0.417. The number of hydrogen-bond acceptors (Lipinski definition) is 2. The van der Waals surface area contributed by atoms with Crippen molar-refractivity contribution < 1.29 is 13.9 Å². The van der Waals surface area contributed by atoms with Crippen molar-refractivity contribution in [2.45, 2.75) is 6.42 Å². The maximum Gasteiger partial charge on any atom is 0.255 e. The Morgan fingerprint density at radius 2 is 2.22 bits per heavy atom. The van der Waals surface area contributed by atoms with Crippen molar-refractivity contribution in [1.29, 1.82) is 0 Å². The first kappa shape index (κ1) is 15.4. The molecule has 1 aromatic rings. The molecule has 0 aliphatic rings. The van der Waals surface area contributed by atoms with Crippen LogP contribution in [0.2, 0.25) is 5.02 Å². The summed E-state index contributed by atoms with van der Waals surface area (Å²) in [6.45, 7) is 1.61. The van der Waals surface area contributed by atoms with E-state index in [0.29, 0.717) is 26.2 Å². The minimum absolute atomic E-state index is 0.111. The van der Waals surface area contributed by atoms with Crippen LogP contribution in [-0.2, 0) is 4.74 Å². The fourth-order valence-electron chi connectivity index (χ4n) is 1.34. The third-order valence-corrected chi connectivity index (χ3v) is 2.80. The molecule has 0 bridgehead atoms. The number of amides is 1. The zero-order chi connectivity index (χ0) is 13.4. The van der Waals surface area contributed by atoms with Crippen molar-refractivity contribution in [3.05, 3.63) is 34.6 Å². The maximum atomic E-state index is 13.4. The van der Waals surface area contributed by atoms with Crippen molar-refractivity contribution in [2.24, 2.45) is 0 Å². The molecule has 0 radical (unpaired) electrons. The molecule has 1 rings (SSSR count). The number of halogens is 3. The van der Waals surface area contributed by atoms with Crippen molar-refractivity contribution >= 4 is 33.4 Å². The Bertz CT molecular complexity index is 383. The van der Waals surface area contributed by atoms with Crippen molar-refractivity contribution in [3.8, 4) is 0 Å². The highest BCUT2D eigenvalue weighted by Crippen LogP contribution is 2.18. The summed E-state index contributed by atoms with van der Waals surface area (Å²) < 4.78 is 18.6. The molecule has 0 aromatic heterocycles. The van der Waals surface area contributed by atoms with Gasteiger partial charge in [0.1, 0.15) is 5.82 Å². The van der Waals surface area contributed by atoms with E-state index in [9.17, 15) is 9.18 Å². The molecule has 0 saturated heterocycles. The van der Waals surface area contributed by atoms with E-state index in [2.05, 4.69) is 21.2 Å². The molecule has 0 aliphatic carbocycles. The second-order valence-corrected chi connectivity index (χ2v) is 4.71. The number of carbonyl (C=O) groups excluding carboxylic acids is 1. The van der Waals surface area contributed by atoms with Crippen LogP contribution >= 0.6 is 27.5 Å². The van der Waals surface area contributed by atoms with Crippen LogP contribution in [-0.4, -0.2) is 31.0 Å².